The van der Waals surface area contributed by atoms with Crippen LogP contribution in [-0.2, 0) is 19.5 Å². The molecule has 0 amide bonds. The van der Waals surface area contributed by atoms with E-state index in [9.17, 15) is 0 Å². The van der Waals surface area contributed by atoms with Crippen LogP contribution in [0.25, 0.3) is 11.0 Å². The van der Waals surface area contributed by atoms with Crippen molar-refractivity contribution in [1.82, 2.24) is 19.4 Å². The molecule has 27 heavy (non-hydrogen) atoms. The summed E-state index contributed by atoms with van der Waals surface area (Å²) in [6, 6.07) is 13.0. The molecule has 0 aliphatic heterocycles. The van der Waals surface area contributed by atoms with Crippen LogP contribution >= 0.6 is 0 Å². The van der Waals surface area contributed by atoms with E-state index < -0.39 is 0 Å². The van der Waals surface area contributed by atoms with Gasteiger partial charge in [0.05, 0.1) is 29.3 Å². The third-order valence-corrected chi connectivity index (χ3v) is 5.41. The maximum Gasteiger partial charge on any atom is 0.124 e. The molecular weight excluding hydrogens is 334 g/mol. The lowest BCUT2D eigenvalue weighted by atomic mass is 9.91. The van der Waals surface area contributed by atoms with Crippen molar-refractivity contribution in [2.75, 3.05) is 13.6 Å². The molecule has 1 aliphatic carbocycles. The van der Waals surface area contributed by atoms with Crippen LogP contribution in [0, 0.1) is 0 Å². The second kappa shape index (κ2) is 8.03. The monoisotopic (exact) mass is 361 g/mol. The Morgan fingerprint density at radius 2 is 2.11 bits per heavy atom. The Kier molecular flexibility index (Phi) is 5.32. The van der Waals surface area contributed by atoms with E-state index in [0.717, 1.165) is 37.3 Å². The topological polar surface area (TPSA) is 60.0 Å². The van der Waals surface area contributed by atoms with Crippen molar-refractivity contribution in [3.8, 4) is 0 Å². The van der Waals surface area contributed by atoms with Gasteiger partial charge in [-0.1, -0.05) is 30.4 Å². The Hall–Kier alpha value is -2.50. The smallest absolute Gasteiger partial charge is 0.124 e. The zero-order chi connectivity index (χ0) is 18.6. The van der Waals surface area contributed by atoms with E-state index in [1.807, 2.05) is 24.4 Å². The number of fused-ring (bicyclic) bond motifs is 2. The Balaban J connectivity index is 1.63. The van der Waals surface area contributed by atoms with Crippen molar-refractivity contribution in [3.05, 3.63) is 71.8 Å². The van der Waals surface area contributed by atoms with Gasteiger partial charge >= 0.3 is 0 Å². The molecule has 2 heterocycles. The van der Waals surface area contributed by atoms with Crippen molar-refractivity contribution in [2.45, 2.75) is 38.4 Å². The average Bonchev–Trinajstić information content (AvgIpc) is 3.05. The summed E-state index contributed by atoms with van der Waals surface area (Å²) in [6.45, 7) is 2.15. The molecule has 4 rings (SSSR count). The number of hydrogen-bond donors (Lipinski definition) is 1. The Morgan fingerprint density at radius 3 is 3.00 bits per heavy atom. The van der Waals surface area contributed by atoms with Crippen molar-refractivity contribution in [2.24, 2.45) is 5.73 Å². The van der Waals surface area contributed by atoms with Crippen LogP contribution < -0.4 is 5.73 Å². The minimum absolute atomic E-state index is 0.350. The van der Waals surface area contributed by atoms with E-state index in [0.29, 0.717) is 12.6 Å². The van der Waals surface area contributed by atoms with Gasteiger partial charge in [-0.25, -0.2) is 4.98 Å². The normalized spacial score (nSPS) is 17.1. The lowest BCUT2D eigenvalue weighted by Crippen LogP contribution is -2.29. The number of allylic oxidation sites excluding steroid dienone is 1. The number of aromatic nitrogens is 3. The molecule has 2 aromatic heterocycles. The SMILES string of the molecule is CN(Cc1nc2ccccc2n1C/C=C\CN)C1CCCc2cccnc21. The standard InChI is InChI=1S/C22H27N5/c1-26(20-12-6-8-17-9-7-14-24-22(17)20)16-21-25-18-10-2-3-11-19(18)27(21)15-5-4-13-23/h2-5,7,9-11,14,20H,6,8,12-13,15-16,23H2,1H3/b5-4-. The molecule has 0 saturated heterocycles. The minimum atomic E-state index is 0.350. The first kappa shape index (κ1) is 17.9. The van der Waals surface area contributed by atoms with Crippen LogP contribution in [-0.4, -0.2) is 33.0 Å². The fourth-order valence-corrected chi connectivity index (χ4v) is 4.07. The summed E-state index contributed by atoms with van der Waals surface area (Å²) in [7, 11) is 2.19. The number of aryl methyl sites for hydroxylation is 1. The van der Waals surface area contributed by atoms with Gasteiger partial charge in [0.15, 0.2) is 0 Å². The molecule has 0 bridgehead atoms. The van der Waals surface area contributed by atoms with Crippen LogP contribution in [0.3, 0.4) is 0 Å². The number of nitrogens with two attached hydrogens (primary N) is 1. The molecule has 1 aromatic carbocycles. The second-order valence-electron chi connectivity index (χ2n) is 7.21. The third-order valence-electron chi connectivity index (χ3n) is 5.41. The van der Waals surface area contributed by atoms with Gasteiger partial charge in [0.1, 0.15) is 5.82 Å². The Bertz CT molecular complexity index is 943. The van der Waals surface area contributed by atoms with Gasteiger partial charge in [0.25, 0.3) is 0 Å². The fraction of sp³-hybridized carbons (Fsp3) is 0.364. The van der Waals surface area contributed by atoms with E-state index in [1.54, 1.807) is 0 Å². The molecule has 3 aromatic rings. The average molecular weight is 361 g/mol. The first-order valence-corrected chi connectivity index (χ1v) is 9.71. The van der Waals surface area contributed by atoms with Crippen molar-refractivity contribution in [1.29, 1.82) is 0 Å². The molecule has 5 heteroatoms. The lowest BCUT2D eigenvalue weighted by Gasteiger charge is -2.32. The predicted octanol–water partition coefficient (Wildman–Crippen LogP) is 3.46. The number of nitrogens with zero attached hydrogens (tertiary/aromatic N) is 4. The molecule has 140 valence electrons. The zero-order valence-electron chi connectivity index (χ0n) is 15.9. The Morgan fingerprint density at radius 1 is 1.22 bits per heavy atom. The molecule has 5 nitrogen and oxygen atoms in total. The zero-order valence-corrected chi connectivity index (χ0v) is 15.9. The first-order valence-electron chi connectivity index (χ1n) is 9.71. The van der Waals surface area contributed by atoms with Gasteiger partial charge in [-0.05, 0) is 50.1 Å². The molecule has 0 fully saturated rings. The summed E-state index contributed by atoms with van der Waals surface area (Å²) in [5.41, 5.74) is 10.5. The number of pyridine rings is 1. The van der Waals surface area contributed by atoms with Gasteiger partial charge in [-0.15, -0.1) is 0 Å². The number of benzene rings is 1. The Labute approximate surface area is 160 Å². The highest BCUT2D eigenvalue weighted by Crippen LogP contribution is 2.32. The largest absolute Gasteiger partial charge is 0.327 e. The second-order valence-corrected chi connectivity index (χ2v) is 7.21. The van der Waals surface area contributed by atoms with E-state index >= 15 is 0 Å². The molecule has 2 N–H and O–H groups in total. The molecule has 0 saturated carbocycles. The molecule has 1 atom stereocenters. The van der Waals surface area contributed by atoms with Gasteiger partial charge < -0.3 is 10.3 Å². The van der Waals surface area contributed by atoms with E-state index in [2.05, 4.69) is 46.9 Å². The highest BCUT2D eigenvalue weighted by atomic mass is 15.2. The van der Waals surface area contributed by atoms with Gasteiger partial charge in [-0.2, -0.15) is 0 Å². The van der Waals surface area contributed by atoms with Crippen LogP contribution in [0.4, 0.5) is 0 Å². The highest BCUT2D eigenvalue weighted by Gasteiger charge is 2.26. The highest BCUT2D eigenvalue weighted by molar-refractivity contribution is 5.75. The van der Waals surface area contributed by atoms with Crippen molar-refractivity contribution >= 4 is 11.0 Å². The van der Waals surface area contributed by atoms with Crippen LogP contribution in [0.1, 0.15) is 36.0 Å². The van der Waals surface area contributed by atoms with E-state index in [4.69, 9.17) is 15.7 Å². The molecular formula is C22H27N5. The van der Waals surface area contributed by atoms with Crippen LogP contribution in [0.2, 0.25) is 0 Å². The maximum atomic E-state index is 5.62. The number of hydrogen-bond acceptors (Lipinski definition) is 4. The first-order chi connectivity index (χ1) is 13.3. The summed E-state index contributed by atoms with van der Waals surface area (Å²) in [4.78, 5) is 12.0. The number of para-hydroxylation sites is 2. The van der Waals surface area contributed by atoms with Crippen molar-refractivity contribution in [3.63, 3.8) is 0 Å². The van der Waals surface area contributed by atoms with E-state index in [-0.39, 0.29) is 0 Å². The quantitative estimate of drug-likeness (QED) is 0.683. The molecule has 1 aliphatic rings. The summed E-state index contributed by atoms with van der Waals surface area (Å²) < 4.78 is 2.29. The lowest BCUT2D eigenvalue weighted by molar-refractivity contribution is 0.202. The number of rotatable bonds is 6. The summed E-state index contributed by atoms with van der Waals surface area (Å²) in [6.07, 6.45) is 9.53. The molecule has 0 spiro atoms. The van der Waals surface area contributed by atoms with Crippen LogP contribution in [0.15, 0.2) is 54.7 Å². The summed E-state index contributed by atoms with van der Waals surface area (Å²) in [5, 5.41) is 0. The maximum absolute atomic E-state index is 5.62. The molecule has 0 radical (unpaired) electrons. The van der Waals surface area contributed by atoms with E-state index in [1.165, 1.54) is 23.2 Å². The summed E-state index contributed by atoms with van der Waals surface area (Å²) >= 11 is 0. The van der Waals surface area contributed by atoms with Gasteiger partial charge in [0, 0.05) is 19.3 Å². The minimum Gasteiger partial charge on any atom is -0.327 e. The predicted molar refractivity (Wildman–Crippen MR) is 109 cm³/mol. The fourth-order valence-electron chi connectivity index (χ4n) is 4.07. The van der Waals surface area contributed by atoms with Crippen LogP contribution in [0.5, 0.6) is 0 Å². The van der Waals surface area contributed by atoms with Crippen molar-refractivity contribution < 1.29 is 0 Å². The van der Waals surface area contributed by atoms with Gasteiger partial charge in [0.2, 0.25) is 0 Å². The number of imidazole rings is 1. The third kappa shape index (κ3) is 3.66. The van der Waals surface area contributed by atoms with Gasteiger partial charge in [-0.3, -0.25) is 9.88 Å². The molecule has 1 unspecified atom stereocenters. The summed E-state index contributed by atoms with van der Waals surface area (Å²) in [5.74, 6) is 1.09.